The zero-order valence-electron chi connectivity index (χ0n) is 33.1. The summed E-state index contributed by atoms with van der Waals surface area (Å²) >= 11 is 0. The van der Waals surface area contributed by atoms with Gasteiger partial charge in [-0.25, -0.2) is 18.6 Å². The second-order valence-electron chi connectivity index (χ2n) is 16.7. The Kier molecular flexibility index (Phi) is 11.3. The molecule has 310 valence electrons. The highest BCUT2D eigenvalue weighted by molar-refractivity contribution is 6.12. The van der Waals surface area contributed by atoms with E-state index in [0.717, 1.165) is 17.7 Å². The highest BCUT2D eigenvalue weighted by Gasteiger charge is 2.74. The van der Waals surface area contributed by atoms with E-state index in [1.54, 1.807) is 26.0 Å². The molecule has 1 saturated carbocycles. The molecule has 17 heteroatoms. The number of carbonyl (C=O) groups excluding carboxylic acids is 7. The van der Waals surface area contributed by atoms with Gasteiger partial charge in [0.2, 0.25) is 29.5 Å². The van der Waals surface area contributed by atoms with E-state index in [1.165, 1.54) is 20.9 Å². The lowest BCUT2D eigenvalue weighted by atomic mass is 9.90. The maximum absolute atomic E-state index is 14.9. The number of nitrogens with one attached hydrogen (secondary N) is 4. The lowest BCUT2D eigenvalue weighted by Gasteiger charge is -2.39. The summed E-state index contributed by atoms with van der Waals surface area (Å²) in [5.74, 6) is -6.71. The van der Waals surface area contributed by atoms with Crippen LogP contribution in [0, 0.1) is 36.3 Å². The Morgan fingerprint density at radius 3 is 2.31 bits per heavy atom. The molecule has 4 saturated heterocycles. The third-order valence-electron chi connectivity index (χ3n) is 12.4. The Balaban J connectivity index is 1.25. The number of aromatic nitrogens is 1. The number of aryl methyl sites for hydroxylation is 1. The van der Waals surface area contributed by atoms with Gasteiger partial charge in [-0.1, -0.05) is 19.9 Å². The van der Waals surface area contributed by atoms with Gasteiger partial charge in [-0.3, -0.25) is 34.1 Å². The molecular weight excluding hydrogens is 754 g/mol. The smallest absolute Gasteiger partial charge is 0.321 e. The number of urea groups is 1. The average Bonchev–Trinajstić information content (AvgIpc) is 3.47. The lowest BCUT2D eigenvalue weighted by molar-refractivity contribution is -0.151. The van der Waals surface area contributed by atoms with Gasteiger partial charge in [-0.05, 0) is 93.5 Å². The van der Waals surface area contributed by atoms with Gasteiger partial charge in [-0.15, -0.1) is 0 Å². The van der Waals surface area contributed by atoms with Crippen molar-refractivity contribution in [1.82, 2.24) is 35.6 Å². The first kappa shape index (κ1) is 40.7. The van der Waals surface area contributed by atoms with Crippen LogP contribution < -0.4 is 21.3 Å². The van der Waals surface area contributed by atoms with E-state index in [0.29, 0.717) is 44.6 Å². The predicted octanol–water partition coefficient (Wildman–Crippen LogP) is 2.22. The molecule has 5 aliphatic rings. The van der Waals surface area contributed by atoms with Gasteiger partial charge in [0.25, 0.3) is 0 Å². The number of pyridine rings is 1. The molecule has 4 N–H and O–H groups in total. The number of carbonyl (C=O) groups is 7. The SMILES string of the molecule is Cc1ccc(NC(=O)N[C@@H](Cc2cc(F)cc(F)c2)C(=O)N[C@@H]2C(=O)N3CCC[C@H]3C(=O)N3CCCC[C@H]3C(=O)N[C@@H](C)C(=O)N3C[C@H](C)C[C@]34C(=O)[C@@H]4[C@H]2C)nc1. The molecule has 1 aromatic heterocycles. The van der Waals surface area contributed by atoms with Crippen LogP contribution in [0.25, 0.3) is 0 Å². The third kappa shape index (κ3) is 7.74. The number of anilines is 1. The Labute approximate surface area is 335 Å². The van der Waals surface area contributed by atoms with Crippen molar-refractivity contribution < 1.29 is 42.3 Å². The van der Waals surface area contributed by atoms with Crippen molar-refractivity contribution in [2.24, 2.45) is 17.8 Å². The summed E-state index contributed by atoms with van der Waals surface area (Å²) < 4.78 is 28.7. The number of piperidine rings is 1. The van der Waals surface area contributed by atoms with E-state index >= 15 is 0 Å². The molecule has 5 heterocycles. The topological polar surface area (TPSA) is 190 Å². The molecule has 58 heavy (non-hydrogen) atoms. The fourth-order valence-electron chi connectivity index (χ4n) is 9.65. The van der Waals surface area contributed by atoms with Crippen LogP contribution in [-0.4, -0.2) is 116 Å². The monoisotopic (exact) mass is 804 g/mol. The van der Waals surface area contributed by atoms with Gasteiger partial charge >= 0.3 is 6.03 Å². The summed E-state index contributed by atoms with van der Waals surface area (Å²) in [4.78, 5) is 108. The zero-order chi connectivity index (χ0) is 41.6. The highest BCUT2D eigenvalue weighted by atomic mass is 19.1. The van der Waals surface area contributed by atoms with E-state index in [9.17, 15) is 42.3 Å². The summed E-state index contributed by atoms with van der Waals surface area (Å²) in [6.45, 7) is 7.61. The Morgan fingerprint density at radius 1 is 0.914 bits per heavy atom. The van der Waals surface area contributed by atoms with E-state index in [2.05, 4.69) is 26.3 Å². The Morgan fingerprint density at radius 2 is 1.60 bits per heavy atom. The van der Waals surface area contributed by atoms with Gasteiger partial charge in [0.05, 0.1) is 5.92 Å². The molecule has 2 aromatic rings. The maximum atomic E-state index is 14.9. The molecule has 0 bridgehead atoms. The number of hydrogen-bond donors (Lipinski definition) is 4. The van der Waals surface area contributed by atoms with Gasteiger partial charge in [0.1, 0.15) is 53.2 Å². The first-order valence-electron chi connectivity index (χ1n) is 20.1. The minimum absolute atomic E-state index is 0.0387. The number of fused-ring (bicyclic) bond motifs is 2. The van der Waals surface area contributed by atoms with E-state index in [1.807, 2.05) is 13.8 Å². The molecule has 15 nitrogen and oxygen atoms in total. The molecule has 1 spiro atoms. The van der Waals surface area contributed by atoms with Crippen molar-refractivity contribution >= 4 is 47.2 Å². The number of rotatable bonds is 6. The second-order valence-corrected chi connectivity index (χ2v) is 16.7. The first-order valence-corrected chi connectivity index (χ1v) is 20.1. The molecule has 1 aliphatic carbocycles. The minimum atomic E-state index is -1.50. The largest absolute Gasteiger partial charge is 0.343 e. The van der Waals surface area contributed by atoms with Gasteiger partial charge in [0, 0.05) is 38.3 Å². The summed E-state index contributed by atoms with van der Waals surface area (Å²) in [6, 6.07) is -0.640. The second kappa shape index (κ2) is 16.0. The van der Waals surface area contributed by atoms with Crippen LogP contribution in [0.1, 0.15) is 70.4 Å². The van der Waals surface area contributed by atoms with Gasteiger partial charge in [0.15, 0.2) is 5.78 Å². The number of ketones is 1. The zero-order valence-corrected chi connectivity index (χ0v) is 33.1. The van der Waals surface area contributed by atoms with Crippen molar-refractivity contribution in [2.45, 2.75) is 108 Å². The van der Waals surface area contributed by atoms with E-state index in [4.69, 9.17) is 0 Å². The number of Topliss-reactive ketones (excluding diaryl/α,β-unsaturated/α-hetero) is 1. The summed E-state index contributed by atoms with van der Waals surface area (Å²) in [5.41, 5.74) is -0.411. The first-order chi connectivity index (χ1) is 27.6. The quantitative estimate of drug-likeness (QED) is 0.342. The molecule has 0 radical (unpaired) electrons. The van der Waals surface area contributed by atoms with Gasteiger partial charge in [-0.2, -0.15) is 0 Å². The third-order valence-corrected chi connectivity index (χ3v) is 12.4. The lowest BCUT2D eigenvalue weighted by Crippen LogP contribution is -2.61. The van der Waals surface area contributed by atoms with Crippen LogP contribution in [0.15, 0.2) is 36.5 Å². The summed E-state index contributed by atoms with van der Waals surface area (Å²) in [6.07, 6.45) is 3.92. The van der Waals surface area contributed by atoms with Crippen LogP contribution in [0.3, 0.4) is 0 Å². The van der Waals surface area contributed by atoms with Crippen LogP contribution >= 0.6 is 0 Å². The Hall–Kier alpha value is -5.48. The van der Waals surface area contributed by atoms with Crippen molar-refractivity contribution in [2.75, 3.05) is 25.0 Å². The van der Waals surface area contributed by atoms with Crippen molar-refractivity contribution in [3.05, 3.63) is 59.3 Å². The fourth-order valence-corrected chi connectivity index (χ4v) is 9.65. The molecular formula is C41H50F2N8O7. The number of halogens is 2. The van der Waals surface area contributed by atoms with Crippen molar-refractivity contribution in [3.63, 3.8) is 0 Å². The van der Waals surface area contributed by atoms with Crippen LogP contribution in [0.4, 0.5) is 19.4 Å². The van der Waals surface area contributed by atoms with Crippen molar-refractivity contribution in [3.8, 4) is 0 Å². The molecule has 0 unspecified atom stereocenters. The number of benzene rings is 1. The van der Waals surface area contributed by atoms with Crippen LogP contribution in [0.5, 0.6) is 0 Å². The van der Waals surface area contributed by atoms with E-state index < -0.39 is 101 Å². The van der Waals surface area contributed by atoms with E-state index in [-0.39, 0.29) is 42.7 Å². The molecule has 1 aromatic carbocycles. The highest BCUT2D eigenvalue weighted by Crippen LogP contribution is 2.57. The molecule has 4 aliphatic heterocycles. The average molecular weight is 805 g/mol. The normalized spacial score (nSPS) is 30.6. The number of hydrogen-bond acceptors (Lipinski definition) is 8. The molecule has 7 rings (SSSR count). The van der Waals surface area contributed by atoms with Crippen molar-refractivity contribution in [1.29, 1.82) is 0 Å². The predicted molar refractivity (Wildman–Crippen MR) is 204 cm³/mol. The minimum Gasteiger partial charge on any atom is -0.343 e. The molecule has 9 atom stereocenters. The number of nitrogens with zero attached hydrogens (tertiary/aromatic N) is 4. The van der Waals surface area contributed by atoms with Crippen LogP contribution in [0.2, 0.25) is 0 Å². The number of amides is 7. The Bertz CT molecular complexity index is 2000. The summed E-state index contributed by atoms with van der Waals surface area (Å²) in [5, 5.41) is 10.7. The fraction of sp³-hybridized carbons (Fsp3) is 0.561. The van der Waals surface area contributed by atoms with Gasteiger partial charge < -0.3 is 30.7 Å². The maximum Gasteiger partial charge on any atom is 0.321 e. The standard InChI is InChI=1S/C41H50F2N8O7/c1-21-10-11-31(44-19-21)47-40(58)46-28(16-25-14-26(42)17-27(43)15-25)35(53)48-33-23(3)32-34(52)41(32)18-22(2)20-51(41)37(55)24(4)45-36(54)29-8-5-6-12-49(29)38(56)30-9-7-13-50(30)39(33)57/h10-11,14-15,17,19,22-24,28-30,32-33H,5-9,12-13,16,18,20H2,1-4H3,(H,45,54)(H,48,53)(H2,44,46,47,58)/t22-,23-,24+,28+,29+,30+,32+,33+,41+/m1/s1. The van der Waals surface area contributed by atoms with Crippen LogP contribution in [-0.2, 0) is 35.2 Å². The molecule has 5 fully saturated rings. The summed E-state index contributed by atoms with van der Waals surface area (Å²) in [7, 11) is 0. The molecule has 7 amide bonds.